The smallest absolute Gasteiger partial charge is 0.110 e. The lowest BCUT2D eigenvalue weighted by Gasteiger charge is -2.37. The number of aromatic nitrogens is 2. The summed E-state index contributed by atoms with van der Waals surface area (Å²) in [6.45, 7) is 10.2. The topological polar surface area (TPSA) is 56.3 Å². The number of hydrogen-bond donors (Lipinski definition) is 1. The molecule has 1 aromatic heterocycles. The monoisotopic (exact) mass is 266 g/mol. The number of hydrogen-bond acceptors (Lipinski definition) is 4. The largest absolute Gasteiger partial charge is 0.374 e. The Labute approximate surface area is 115 Å². The number of nitrogens with two attached hydrogens (primary N) is 1. The Bertz CT molecular complexity index is 391. The lowest BCUT2D eigenvalue weighted by atomic mass is 10.1. The van der Waals surface area contributed by atoms with Crippen LogP contribution in [0.3, 0.4) is 0 Å². The number of aryl methyl sites for hydroxylation is 1. The zero-order valence-corrected chi connectivity index (χ0v) is 12.2. The average molecular weight is 266 g/mol. The fourth-order valence-corrected chi connectivity index (χ4v) is 2.58. The highest BCUT2D eigenvalue weighted by Crippen LogP contribution is 2.13. The summed E-state index contributed by atoms with van der Waals surface area (Å²) in [5.74, 6) is 1.06. The van der Waals surface area contributed by atoms with Crippen molar-refractivity contribution < 1.29 is 4.74 Å². The molecular weight excluding hydrogens is 240 g/mol. The van der Waals surface area contributed by atoms with E-state index >= 15 is 0 Å². The maximum atomic E-state index is 6.32. The van der Waals surface area contributed by atoms with E-state index in [9.17, 15) is 0 Å². The zero-order valence-electron chi connectivity index (χ0n) is 12.2. The highest BCUT2D eigenvalue weighted by molar-refractivity contribution is 4.97. The van der Waals surface area contributed by atoms with Crippen LogP contribution in [-0.2, 0) is 17.7 Å². The van der Waals surface area contributed by atoms with Gasteiger partial charge in [-0.1, -0.05) is 0 Å². The van der Waals surface area contributed by atoms with Crippen molar-refractivity contribution in [2.75, 3.05) is 19.7 Å². The Morgan fingerprint density at radius 2 is 2.32 bits per heavy atom. The molecule has 5 nitrogen and oxygen atoms in total. The molecule has 0 saturated carbocycles. The van der Waals surface area contributed by atoms with E-state index in [1.165, 1.54) is 0 Å². The molecule has 0 amide bonds. The number of ether oxygens (including phenoxy) is 1. The molecular formula is C14H26N4O. The molecule has 2 atom stereocenters. The van der Waals surface area contributed by atoms with Gasteiger partial charge in [-0.25, -0.2) is 4.98 Å². The van der Waals surface area contributed by atoms with Gasteiger partial charge >= 0.3 is 0 Å². The van der Waals surface area contributed by atoms with E-state index in [1.807, 2.05) is 12.4 Å². The second-order valence-electron chi connectivity index (χ2n) is 5.50. The van der Waals surface area contributed by atoms with Crippen LogP contribution in [-0.4, -0.2) is 52.3 Å². The van der Waals surface area contributed by atoms with E-state index in [2.05, 4.69) is 35.2 Å². The Hall–Kier alpha value is -0.910. The van der Waals surface area contributed by atoms with Crippen LogP contribution in [0.25, 0.3) is 0 Å². The van der Waals surface area contributed by atoms with Crippen molar-refractivity contribution in [2.24, 2.45) is 5.73 Å². The molecule has 0 bridgehead atoms. The molecule has 19 heavy (non-hydrogen) atoms. The van der Waals surface area contributed by atoms with Gasteiger partial charge in [0.1, 0.15) is 5.82 Å². The molecule has 5 heteroatoms. The van der Waals surface area contributed by atoms with Crippen molar-refractivity contribution in [1.29, 1.82) is 0 Å². The summed E-state index contributed by atoms with van der Waals surface area (Å²) in [6, 6.07) is 0.561. The number of morpholine rings is 1. The summed E-state index contributed by atoms with van der Waals surface area (Å²) in [5, 5.41) is 0. The van der Waals surface area contributed by atoms with Crippen LogP contribution in [0, 0.1) is 0 Å². The zero-order chi connectivity index (χ0) is 13.8. The van der Waals surface area contributed by atoms with Gasteiger partial charge < -0.3 is 15.0 Å². The van der Waals surface area contributed by atoms with Gasteiger partial charge in [-0.3, -0.25) is 4.90 Å². The lowest BCUT2D eigenvalue weighted by molar-refractivity contribution is -0.0498. The van der Waals surface area contributed by atoms with Crippen molar-refractivity contribution in [1.82, 2.24) is 14.5 Å². The molecule has 0 radical (unpaired) electrons. The Kier molecular flexibility index (Phi) is 4.96. The summed E-state index contributed by atoms with van der Waals surface area (Å²) in [4.78, 5) is 6.82. The SMILES string of the molecule is CCn1ccnc1CC(N)C1CN(C(C)C)CCO1. The second kappa shape index (κ2) is 6.50. The van der Waals surface area contributed by atoms with Crippen molar-refractivity contribution >= 4 is 0 Å². The van der Waals surface area contributed by atoms with Gasteiger partial charge in [0, 0.05) is 50.5 Å². The van der Waals surface area contributed by atoms with Gasteiger partial charge in [-0.15, -0.1) is 0 Å². The van der Waals surface area contributed by atoms with E-state index in [-0.39, 0.29) is 12.1 Å². The summed E-state index contributed by atoms with van der Waals surface area (Å²) < 4.78 is 7.98. The third-order valence-corrected chi connectivity index (χ3v) is 3.89. The quantitative estimate of drug-likeness (QED) is 0.859. The predicted octanol–water partition coefficient (Wildman–Crippen LogP) is 0.882. The second-order valence-corrected chi connectivity index (χ2v) is 5.50. The summed E-state index contributed by atoms with van der Waals surface area (Å²) in [6.07, 6.45) is 4.73. The molecule has 0 aromatic carbocycles. The van der Waals surface area contributed by atoms with Crippen LogP contribution in [0.2, 0.25) is 0 Å². The molecule has 0 spiro atoms. The fourth-order valence-electron chi connectivity index (χ4n) is 2.58. The van der Waals surface area contributed by atoms with Crippen LogP contribution in [0.4, 0.5) is 0 Å². The average Bonchev–Trinajstić information content (AvgIpc) is 2.86. The standard InChI is InChI=1S/C14H26N4O/c1-4-17-6-5-16-14(17)9-12(15)13-10-18(11(2)3)7-8-19-13/h5-6,11-13H,4,7-10,15H2,1-3H3. The first-order valence-corrected chi connectivity index (χ1v) is 7.23. The summed E-state index contributed by atoms with van der Waals surface area (Å²) >= 11 is 0. The molecule has 2 heterocycles. The summed E-state index contributed by atoms with van der Waals surface area (Å²) in [7, 11) is 0. The number of nitrogens with zero attached hydrogens (tertiary/aromatic N) is 3. The molecule has 108 valence electrons. The van der Waals surface area contributed by atoms with Crippen molar-refractivity contribution in [3.05, 3.63) is 18.2 Å². The first kappa shape index (κ1) is 14.5. The molecule has 1 aliphatic heterocycles. The molecule has 2 N–H and O–H groups in total. The van der Waals surface area contributed by atoms with Crippen LogP contribution < -0.4 is 5.73 Å². The molecule has 2 unspecified atom stereocenters. The maximum absolute atomic E-state index is 6.32. The van der Waals surface area contributed by atoms with Gasteiger partial charge in [-0.05, 0) is 20.8 Å². The predicted molar refractivity (Wildman–Crippen MR) is 76.0 cm³/mol. The minimum absolute atomic E-state index is 0.00856. The minimum Gasteiger partial charge on any atom is -0.374 e. The first-order valence-electron chi connectivity index (χ1n) is 7.23. The van der Waals surface area contributed by atoms with Crippen LogP contribution in [0.1, 0.15) is 26.6 Å². The minimum atomic E-state index is 0.00856. The molecule has 1 fully saturated rings. The fraction of sp³-hybridized carbons (Fsp3) is 0.786. The normalized spacial score (nSPS) is 22.9. The Morgan fingerprint density at radius 1 is 1.53 bits per heavy atom. The van der Waals surface area contributed by atoms with Gasteiger partial charge in [0.2, 0.25) is 0 Å². The Balaban J connectivity index is 1.94. The highest BCUT2D eigenvalue weighted by Gasteiger charge is 2.27. The van der Waals surface area contributed by atoms with Crippen molar-refractivity contribution in [3.63, 3.8) is 0 Å². The van der Waals surface area contributed by atoms with Gasteiger partial charge in [0.25, 0.3) is 0 Å². The lowest BCUT2D eigenvalue weighted by Crippen LogP contribution is -2.53. The van der Waals surface area contributed by atoms with E-state index in [1.54, 1.807) is 0 Å². The van der Waals surface area contributed by atoms with E-state index in [4.69, 9.17) is 10.5 Å². The number of imidazole rings is 1. The first-order chi connectivity index (χ1) is 9.11. The molecule has 1 saturated heterocycles. The molecule has 1 aromatic rings. The van der Waals surface area contributed by atoms with E-state index in [0.29, 0.717) is 6.04 Å². The van der Waals surface area contributed by atoms with Crippen molar-refractivity contribution in [2.45, 2.75) is 51.9 Å². The van der Waals surface area contributed by atoms with E-state index < -0.39 is 0 Å². The third-order valence-electron chi connectivity index (χ3n) is 3.89. The Morgan fingerprint density at radius 3 is 3.00 bits per heavy atom. The third kappa shape index (κ3) is 3.55. The van der Waals surface area contributed by atoms with Gasteiger partial charge in [0.15, 0.2) is 0 Å². The molecule has 1 aliphatic rings. The summed E-state index contributed by atoms with van der Waals surface area (Å²) in [5.41, 5.74) is 6.32. The molecule has 2 rings (SSSR count). The number of rotatable bonds is 5. The maximum Gasteiger partial charge on any atom is 0.110 e. The van der Waals surface area contributed by atoms with Crippen LogP contribution in [0.5, 0.6) is 0 Å². The van der Waals surface area contributed by atoms with Gasteiger partial charge in [-0.2, -0.15) is 0 Å². The van der Waals surface area contributed by atoms with Crippen LogP contribution >= 0.6 is 0 Å². The van der Waals surface area contributed by atoms with E-state index in [0.717, 1.165) is 38.5 Å². The molecule has 0 aliphatic carbocycles. The van der Waals surface area contributed by atoms with Gasteiger partial charge in [0.05, 0.1) is 12.7 Å². The highest BCUT2D eigenvalue weighted by atomic mass is 16.5. The van der Waals surface area contributed by atoms with Crippen LogP contribution in [0.15, 0.2) is 12.4 Å². The van der Waals surface area contributed by atoms with Crippen molar-refractivity contribution in [3.8, 4) is 0 Å².